The highest BCUT2D eigenvalue weighted by Gasteiger charge is 2.21. The number of nitrogens with one attached hydrogen (secondary N) is 2. The molecule has 0 aromatic carbocycles. The lowest BCUT2D eigenvalue weighted by molar-refractivity contribution is 0.291. The van der Waals surface area contributed by atoms with Gasteiger partial charge in [0.05, 0.1) is 5.02 Å². The Morgan fingerprint density at radius 1 is 1.44 bits per heavy atom. The molecular weight excluding hydrogens is 363 g/mol. The third-order valence-corrected chi connectivity index (χ3v) is 5.50. The molecule has 1 fully saturated rings. The Morgan fingerprint density at radius 3 is 2.89 bits per heavy atom. The third-order valence-electron chi connectivity index (χ3n) is 5.29. The number of H-pyrrole nitrogens is 1. The fourth-order valence-corrected chi connectivity index (χ4v) is 3.88. The summed E-state index contributed by atoms with van der Waals surface area (Å²) in [5.74, 6) is 0.316. The summed E-state index contributed by atoms with van der Waals surface area (Å²) in [6, 6.07) is 1.99. The van der Waals surface area contributed by atoms with Gasteiger partial charge in [-0.1, -0.05) is 37.4 Å². The lowest BCUT2D eigenvalue weighted by Crippen LogP contribution is -2.34. The van der Waals surface area contributed by atoms with Gasteiger partial charge in [-0.05, 0) is 44.7 Å². The van der Waals surface area contributed by atoms with E-state index in [4.69, 9.17) is 11.6 Å². The molecule has 1 saturated carbocycles. The second-order valence-corrected chi connectivity index (χ2v) is 7.62. The van der Waals surface area contributed by atoms with Gasteiger partial charge < -0.3 is 10.3 Å². The molecule has 2 N–H and O–H groups in total. The summed E-state index contributed by atoms with van der Waals surface area (Å²) in [5.41, 5.74) is 2.25. The van der Waals surface area contributed by atoms with Crippen LogP contribution in [0.1, 0.15) is 51.5 Å². The van der Waals surface area contributed by atoms with E-state index in [1.165, 1.54) is 38.2 Å². The van der Waals surface area contributed by atoms with Crippen LogP contribution in [0, 0.1) is 5.92 Å². The van der Waals surface area contributed by atoms with E-state index < -0.39 is 5.83 Å². The standard InChI is InChI=1S/C21H26ClFN4/c1-4-19(23)21(26-13(2)15-8-6-5-7-9-15)27-14(3)18-12-25-20-17(18)10-16(22)11-24-20/h4,10-13,15,26H,1,5-9H2,2-3H3,(H,24,25)/b21-19+,27-14+/t13-/m0/s1. The Bertz CT molecular complexity index is 877. The summed E-state index contributed by atoms with van der Waals surface area (Å²) < 4.78 is 14.5. The maximum absolute atomic E-state index is 14.5. The summed E-state index contributed by atoms with van der Waals surface area (Å²) in [7, 11) is 0. The summed E-state index contributed by atoms with van der Waals surface area (Å²) in [6.45, 7) is 7.51. The molecule has 2 aromatic heterocycles. The van der Waals surface area contributed by atoms with E-state index in [2.05, 4.69) is 33.8 Å². The first-order valence-corrected chi connectivity index (χ1v) is 9.84. The topological polar surface area (TPSA) is 53.1 Å². The third kappa shape index (κ3) is 4.59. The van der Waals surface area contributed by atoms with Crippen molar-refractivity contribution in [2.24, 2.45) is 10.9 Å². The maximum Gasteiger partial charge on any atom is 0.164 e. The van der Waals surface area contributed by atoms with E-state index >= 15 is 0 Å². The number of pyridine rings is 1. The van der Waals surface area contributed by atoms with Crippen LogP contribution < -0.4 is 5.32 Å². The number of rotatable bonds is 6. The van der Waals surface area contributed by atoms with Gasteiger partial charge in [-0.25, -0.2) is 14.4 Å². The minimum Gasteiger partial charge on any atom is -0.365 e. The molecular formula is C21H26ClFN4. The number of fused-ring (bicyclic) bond motifs is 1. The number of allylic oxidation sites excluding steroid dienone is 2. The average Bonchev–Trinajstić information content (AvgIpc) is 3.10. The second-order valence-electron chi connectivity index (χ2n) is 7.18. The molecule has 0 bridgehead atoms. The quantitative estimate of drug-likeness (QED) is 0.477. The molecule has 0 unspecified atom stereocenters. The molecule has 0 saturated heterocycles. The van der Waals surface area contributed by atoms with Crippen LogP contribution in [0.5, 0.6) is 0 Å². The van der Waals surface area contributed by atoms with Gasteiger partial charge in [-0.2, -0.15) is 0 Å². The highest BCUT2D eigenvalue weighted by molar-refractivity contribution is 6.31. The lowest BCUT2D eigenvalue weighted by Gasteiger charge is -2.29. The van der Waals surface area contributed by atoms with E-state index in [9.17, 15) is 4.39 Å². The number of hydrogen-bond donors (Lipinski definition) is 2. The first kappa shape index (κ1) is 19.6. The zero-order valence-electron chi connectivity index (χ0n) is 15.9. The summed E-state index contributed by atoms with van der Waals surface area (Å²) >= 11 is 6.07. The number of nitrogens with zero attached hydrogens (tertiary/aromatic N) is 2. The van der Waals surface area contributed by atoms with E-state index in [0.29, 0.717) is 16.7 Å². The van der Waals surface area contributed by atoms with Crippen LogP contribution in [-0.2, 0) is 0 Å². The van der Waals surface area contributed by atoms with Crippen LogP contribution in [0.2, 0.25) is 5.02 Å². The molecule has 144 valence electrons. The molecule has 0 aliphatic heterocycles. The van der Waals surface area contributed by atoms with Crippen LogP contribution >= 0.6 is 11.6 Å². The van der Waals surface area contributed by atoms with Crippen molar-refractivity contribution in [1.82, 2.24) is 15.3 Å². The minimum absolute atomic E-state index is 0.154. The van der Waals surface area contributed by atoms with Crippen molar-refractivity contribution in [1.29, 1.82) is 0 Å². The van der Waals surface area contributed by atoms with Gasteiger partial charge in [-0.15, -0.1) is 0 Å². The van der Waals surface area contributed by atoms with Crippen LogP contribution in [0.3, 0.4) is 0 Å². The van der Waals surface area contributed by atoms with Crippen molar-refractivity contribution in [3.8, 4) is 0 Å². The largest absolute Gasteiger partial charge is 0.365 e. The average molecular weight is 389 g/mol. The smallest absolute Gasteiger partial charge is 0.164 e. The number of aromatic amines is 1. The molecule has 6 heteroatoms. The first-order chi connectivity index (χ1) is 13.0. The summed E-state index contributed by atoms with van der Waals surface area (Å²) in [5, 5.41) is 4.70. The Balaban J connectivity index is 1.88. The zero-order valence-corrected chi connectivity index (χ0v) is 16.6. The first-order valence-electron chi connectivity index (χ1n) is 9.46. The number of hydrogen-bond acceptors (Lipinski definition) is 3. The molecule has 3 rings (SSSR count). The van der Waals surface area contributed by atoms with Gasteiger partial charge in [0.15, 0.2) is 11.6 Å². The highest BCUT2D eigenvalue weighted by atomic mass is 35.5. The van der Waals surface area contributed by atoms with Gasteiger partial charge in [0, 0.05) is 35.1 Å². The van der Waals surface area contributed by atoms with Crippen LogP contribution in [-0.4, -0.2) is 21.7 Å². The number of aliphatic imine (C=N–C) groups is 1. The predicted octanol–water partition coefficient (Wildman–Crippen LogP) is 5.91. The van der Waals surface area contributed by atoms with Crippen LogP contribution in [0.15, 0.2) is 47.8 Å². The van der Waals surface area contributed by atoms with Crippen molar-refractivity contribution in [3.05, 3.63) is 53.3 Å². The predicted molar refractivity (Wildman–Crippen MR) is 111 cm³/mol. The molecule has 1 aliphatic rings. The maximum atomic E-state index is 14.5. The molecule has 0 radical (unpaired) electrons. The van der Waals surface area contributed by atoms with Crippen LogP contribution in [0.4, 0.5) is 4.39 Å². The van der Waals surface area contributed by atoms with Gasteiger partial charge >= 0.3 is 0 Å². The Morgan fingerprint density at radius 2 is 2.19 bits per heavy atom. The molecule has 2 heterocycles. The molecule has 4 nitrogen and oxygen atoms in total. The van der Waals surface area contributed by atoms with E-state index in [1.807, 2.05) is 19.2 Å². The summed E-state index contributed by atoms with van der Waals surface area (Å²) in [6.07, 6.45) is 10.7. The number of aromatic nitrogens is 2. The van der Waals surface area contributed by atoms with Crippen molar-refractivity contribution < 1.29 is 4.39 Å². The molecule has 1 atom stereocenters. The fraction of sp³-hybridized carbons (Fsp3) is 0.429. The van der Waals surface area contributed by atoms with Crippen LogP contribution in [0.25, 0.3) is 11.0 Å². The monoisotopic (exact) mass is 388 g/mol. The van der Waals surface area contributed by atoms with Crippen molar-refractivity contribution in [2.75, 3.05) is 0 Å². The normalized spacial score (nSPS) is 18.3. The Hall–Kier alpha value is -2.14. The summed E-state index contributed by atoms with van der Waals surface area (Å²) in [4.78, 5) is 11.9. The van der Waals surface area contributed by atoms with Crippen molar-refractivity contribution in [3.63, 3.8) is 0 Å². The van der Waals surface area contributed by atoms with Crippen molar-refractivity contribution >= 4 is 28.3 Å². The van der Waals surface area contributed by atoms with Gasteiger partial charge in [0.2, 0.25) is 0 Å². The van der Waals surface area contributed by atoms with E-state index in [-0.39, 0.29) is 11.9 Å². The second kappa shape index (κ2) is 8.70. The Kier molecular flexibility index (Phi) is 6.32. The zero-order chi connectivity index (χ0) is 19.4. The van der Waals surface area contributed by atoms with E-state index in [0.717, 1.165) is 16.6 Å². The number of halogens is 2. The van der Waals surface area contributed by atoms with Gasteiger partial charge in [-0.3, -0.25) is 0 Å². The lowest BCUT2D eigenvalue weighted by atomic mass is 9.84. The minimum atomic E-state index is -0.451. The van der Waals surface area contributed by atoms with Gasteiger partial charge in [0.25, 0.3) is 0 Å². The van der Waals surface area contributed by atoms with Crippen molar-refractivity contribution in [2.45, 2.75) is 52.0 Å². The molecule has 2 aromatic rings. The van der Waals surface area contributed by atoms with E-state index in [1.54, 1.807) is 6.20 Å². The van der Waals surface area contributed by atoms with Gasteiger partial charge in [0.1, 0.15) is 5.65 Å². The fourth-order valence-electron chi connectivity index (χ4n) is 3.72. The molecule has 0 amide bonds. The highest BCUT2D eigenvalue weighted by Crippen LogP contribution is 2.27. The SMILES string of the molecule is C=C/C(F)=C(\N=C(/C)c1c[nH]c2ncc(Cl)cc12)N[C@@H](C)C1CCCCC1. The molecule has 0 spiro atoms. The Labute approximate surface area is 164 Å². The molecule has 27 heavy (non-hydrogen) atoms. The molecule has 1 aliphatic carbocycles.